The van der Waals surface area contributed by atoms with Crippen LogP contribution >= 0.6 is 0 Å². The van der Waals surface area contributed by atoms with Crippen LogP contribution in [0.25, 0.3) is 33.2 Å². The number of aryl methyl sites for hydroxylation is 1. The normalized spacial score (nSPS) is 22.2. The predicted octanol–water partition coefficient (Wildman–Crippen LogP) is 6.30. The fraction of sp³-hybridized carbons (Fsp3) is 0.400. The van der Waals surface area contributed by atoms with Gasteiger partial charge in [-0.1, -0.05) is 42.4 Å². The van der Waals surface area contributed by atoms with E-state index in [1.807, 2.05) is 13.0 Å². The van der Waals surface area contributed by atoms with Gasteiger partial charge in [-0.15, -0.1) is 0 Å². The van der Waals surface area contributed by atoms with Crippen LogP contribution in [0.4, 0.5) is 11.4 Å². The van der Waals surface area contributed by atoms with Crippen molar-refractivity contribution in [2.45, 2.75) is 88.8 Å². The molecule has 14 heteroatoms. The number of nitrogens with zero attached hydrogens (tertiary/aromatic N) is 6. The first kappa shape index (κ1) is 37.1. The molecule has 3 aromatic heterocycles. The van der Waals surface area contributed by atoms with Crippen molar-refractivity contribution in [1.29, 1.82) is 0 Å². The Balaban J connectivity index is 0.761. The second-order valence-corrected chi connectivity index (χ2v) is 17.2. The smallest absolute Gasteiger partial charge is 0.315 e. The third-order valence-electron chi connectivity index (χ3n) is 13.2. The lowest BCUT2D eigenvalue weighted by Crippen LogP contribution is -2.53. The van der Waals surface area contributed by atoms with Crippen molar-refractivity contribution < 1.29 is 18.9 Å². The molecule has 2 aliphatic carbocycles. The second-order valence-electron chi connectivity index (χ2n) is 17.2. The Morgan fingerprint density at radius 1 is 0.983 bits per heavy atom. The van der Waals surface area contributed by atoms with Gasteiger partial charge in [0.05, 0.1) is 17.1 Å². The maximum Gasteiger partial charge on any atom is 0.315 e. The standard InChI is InChI=1S/C45H48N10O4/c1-25-20-28(6-10-33(25)26(2)48-42(58)43-52-44(53-59-43)45(3)14-15-45)39-38-34-11-9-31(23-36(34)50-40(38)47-24-46-39)54-16-18-55(19-17-54)32-21-29(22-32)27-4-7-30(8-5-27)49-35-12-13-37(56)51-41(35)57/h4-11,20,23-24,26,29,32,35,49H,12-19,21-22H2,1-3H3,(H,48,58)(H,46,47,50)(H,51,56,57)/t26-,29?,32?,35+/m1/s1. The van der Waals surface area contributed by atoms with E-state index in [1.165, 1.54) is 11.3 Å². The highest BCUT2D eigenvalue weighted by Gasteiger charge is 2.44. The molecule has 302 valence electrons. The summed E-state index contributed by atoms with van der Waals surface area (Å²) in [4.78, 5) is 59.0. The number of amides is 3. The van der Waals surface area contributed by atoms with E-state index in [9.17, 15) is 14.4 Å². The van der Waals surface area contributed by atoms with E-state index in [4.69, 9.17) is 9.51 Å². The Bertz CT molecular complexity index is 2600. The van der Waals surface area contributed by atoms with Crippen LogP contribution in [0.1, 0.15) is 97.5 Å². The van der Waals surface area contributed by atoms with Crippen LogP contribution in [0.5, 0.6) is 0 Å². The van der Waals surface area contributed by atoms with E-state index in [1.54, 1.807) is 6.33 Å². The Morgan fingerprint density at radius 2 is 1.78 bits per heavy atom. The molecule has 4 fully saturated rings. The van der Waals surface area contributed by atoms with Crippen molar-refractivity contribution in [2.75, 3.05) is 36.4 Å². The van der Waals surface area contributed by atoms with Gasteiger partial charge in [-0.05, 0) is 98.9 Å². The van der Waals surface area contributed by atoms with Crippen molar-refractivity contribution in [2.24, 2.45) is 0 Å². The highest BCUT2D eigenvalue weighted by Crippen LogP contribution is 2.46. The van der Waals surface area contributed by atoms with Crippen molar-refractivity contribution in [3.63, 3.8) is 0 Å². The van der Waals surface area contributed by atoms with Gasteiger partial charge in [0.15, 0.2) is 5.82 Å². The molecule has 2 saturated heterocycles. The van der Waals surface area contributed by atoms with Gasteiger partial charge >= 0.3 is 11.8 Å². The van der Waals surface area contributed by atoms with Gasteiger partial charge in [-0.3, -0.25) is 24.6 Å². The van der Waals surface area contributed by atoms with Crippen molar-refractivity contribution >= 4 is 51.0 Å². The first-order valence-corrected chi connectivity index (χ1v) is 20.8. The molecule has 5 heterocycles. The largest absolute Gasteiger partial charge is 0.374 e. The summed E-state index contributed by atoms with van der Waals surface area (Å²) in [5, 5.41) is 14.8. The van der Waals surface area contributed by atoms with Crippen LogP contribution in [-0.2, 0) is 15.0 Å². The molecule has 4 N–H and O–H groups in total. The lowest BCUT2D eigenvalue weighted by molar-refractivity contribution is -0.133. The molecule has 0 unspecified atom stereocenters. The number of carbonyl (C=O) groups excluding carboxylic acids is 3. The van der Waals surface area contributed by atoms with Crippen LogP contribution in [-0.4, -0.2) is 86.0 Å². The highest BCUT2D eigenvalue weighted by atomic mass is 16.5. The van der Waals surface area contributed by atoms with Gasteiger partial charge in [0.25, 0.3) is 0 Å². The number of aromatic amines is 1. The summed E-state index contributed by atoms with van der Waals surface area (Å²) >= 11 is 0. The van der Waals surface area contributed by atoms with Crippen molar-refractivity contribution in [3.05, 3.63) is 95.4 Å². The number of nitrogens with one attached hydrogen (secondary N) is 4. The van der Waals surface area contributed by atoms with Crippen molar-refractivity contribution in [3.8, 4) is 11.3 Å². The predicted molar refractivity (Wildman–Crippen MR) is 224 cm³/mol. The lowest BCUT2D eigenvalue weighted by atomic mass is 9.75. The minimum atomic E-state index is -0.378. The molecule has 3 amide bonds. The van der Waals surface area contributed by atoms with Crippen LogP contribution in [0.2, 0.25) is 0 Å². The number of imide groups is 1. The fourth-order valence-corrected chi connectivity index (χ4v) is 9.14. The van der Waals surface area contributed by atoms with Gasteiger partial charge in [0.2, 0.25) is 11.8 Å². The number of rotatable bonds is 10. The number of aromatic nitrogens is 5. The molecule has 0 radical (unpaired) electrons. The SMILES string of the molecule is Cc1cc(-c2ncnc3[nH]c4cc(N5CCN(C6CC(c7ccc(N[C@H]8CCC(=O)NC8=O)cc7)C6)CC5)ccc4c23)ccc1[C@@H](C)NC(=O)c1nc(C2(C)CC2)no1. The topological polar surface area (TPSA) is 174 Å². The van der Waals surface area contributed by atoms with Crippen LogP contribution in [0, 0.1) is 6.92 Å². The molecule has 10 rings (SSSR count). The Labute approximate surface area is 341 Å². The molecule has 0 spiro atoms. The van der Waals surface area contributed by atoms with Gasteiger partial charge in [0.1, 0.15) is 18.0 Å². The zero-order chi connectivity index (χ0) is 40.4. The average Bonchev–Trinajstić information content (AvgIpc) is 3.59. The summed E-state index contributed by atoms with van der Waals surface area (Å²) in [5.41, 5.74) is 9.08. The van der Waals surface area contributed by atoms with E-state index in [0.717, 1.165) is 102 Å². The molecular weight excluding hydrogens is 745 g/mol. The molecule has 2 aliphatic heterocycles. The summed E-state index contributed by atoms with van der Waals surface area (Å²) < 4.78 is 5.29. The van der Waals surface area contributed by atoms with E-state index in [-0.39, 0.29) is 41.1 Å². The number of H-pyrrole nitrogens is 1. The third-order valence-corrected chi connectivity index (χ3v) is 13.2. The zero-order valence-corrected chi connectivity index (χ0v) is 33.5. The monoisotopic (exact) mass is 792 g/mol. The summed E-state index contributed by atoms with van der Waals surface area (Å²) in [5.74, 6) is 0.314. The maximum atomic E-state index is 13.0. The summed E-state index contributed by atoms with van der Waals surface area (Å²) in [7, 11) is 0. The lowest BCUT2D eigenvalue weighted by Gasteiger charge is -2.47. The molecule has 4 aliphatic rings. The third kappa shape index (κ3) is 7.09. The number of anilines is 2. The number of piperidine rings is 1. The molecular formula is C45H48N10O4. The minimum Gasteiger partial charge on any atom is -0.374 e. The van der Waals surface area contributed by atoms with Crippen molar-refractivity contribution in [1.82, 2.24) is 40.6 Å². The number of carbonyl (C=O) groups is 3. The first-order valence-electron chi connectivity index (χ1n) is 20.8. The molecule has 6 aromatic rings. The highest BCUT2D eigenvalue weighted by molar-refractivity contribution is 6.12. The molecule has 3 aromatic carbocycles. The van der Waals surface area contributed by atoms with E-state index in [0.29, 0.717) is 30.6 Å². The van der Waals surface area contributed by atoms with Crippen LogP contribution in [0.15, 0.2) is 71.5 Å². The van der Waals surface area contributed by atoms with Crippen LogP contribution < -0.4 is 20.9 Å². The zero-order valence-electron chi connectivity index (χ0n) is 33.5. The summed E-state index contributed by atoms with van der Waals surface area (Å²) in [6.07, 6.45) is 6.82. The van der Waals surface area contributed by atoms with E-state index in [2.05, 4.69) is 114 Å². The molecule has 14 nitrogen and oxygen atoms in total. The Morgan fingerprint density at radius 3 is 2.53 bits per heavy atom. The molecule has 2 atom stereocenters. The Kier molecular flexibility index (Phi) is 9.19. The van der Waals surface area contributed by atoms with E-state index < -0.39 is 0 Å². The number of fused-ring (bicyclic) bond motifs is 3. The summed E-state index contributed by atoms with van der Waals surface area (Å²) in [6.45, 7) is 10.1. The van der Waals surface area contributed by atoms with Crippen LogP contribution in [0.3, 0.4) is 0 Å². The average molecular weight is 793 g/mol. The molecule has 2 saturated carbocycles. The minimum absolute atomic E-state index is 0.00506. The van der Waals surface area contributed by atoms with Gasteiger partial charge < -0.3 is 25.0 Å². The number of benzene rings is 3. The fourth-order valence-electron chi connectivity index (χ4n) is 9.14. The van der Waals surface area contributed by atoms with Gasteiger partial charge in [-0.2, -0.15) is 4.98 Å². The number of piperazine rings is 1. The van der Waals surface area contributed by atoms with Gasteiger partial charge in [-0.25, -0.2) is 9.97 Å². The Hall–Kier alpha value is -6.15. The quantitative estimate of drug-likeness (QED) is 0.115. The number of hydrogen-bond acceptors (Lipinski definition) is 11. The first-order chi connectivity index (χ1) is 28.6. The molecule has 0 bridgehead atoms. The van der Waals surface area contributed by atoms with E-state index >= 15 is 0 Å². The van der Waals surface area contributed by atoms with Gasteiger partial charge in [0, 0.05) is 71.9 Å². The summed E-state index contributed by atoms with van der Waals surface area (Å²) in [6, 6.07) is 21.3. The second kappa shape index (κ2) is 14.6. The molecule has 59 heavy (non-hydrogen) atoms. The maximum absolute atomic E-state index is 13.0. The number of hydrogen-bond donors (Lipinski definition) is 4.